The molecule has 5 nitrogen and oxygen atoms in total. The quantitative estimate of drug-likeness (QED) is 0.797. The van der Waals surface area contributed by atoms with Crippen molar-refractivity contribution in [1.29, 1.82) is 0 Å². The van der Waals surface area contributed by atoms with Gasteiger partial charge in [-0.15, -0.1) is 0 Å². The lowest BCUT2D eigenvalue weighted by Crippen LogP contribution is -2.33. The van der Waals surface area contributed by atoms with E-state index < -0.39 is 0 Å². The molecule has 0 saturated heterocycles. The predicted molar refractivity (Wildman–Crippen MR) is 64.0 cm³/mol. The van der Waals surface area contributed by atoms with E-state index in [1.807, 2.05) is 13.1 Å². The molecule has 0 aliphatic carbocycles. The Hall–Kier alpha value is -0.880. The van der Waals surface area contributed by atoms with E-state index in [-0.39, 0.29) is 11.8 Å². The van der Waals surface area contributed by atoms with E-state index in [1.54, 1.807) is 18.0 Å². The van der Waals surface area contributed by atoms with Crippen LogP contribution in [-0.2, 0) is 16.1 Å². The van der Waals surface area contributed by atoms with Gasteiger partial charge >= 0.3 is 0 Å². The molecule has 1 aromatic heterocycles. The minimum Gasteiger partial charge on any atom is -0.383 e. The van der Waals surface area contributed by atoms with Crippen LogP contribution in [0.2, 0.25) is 0 Å². The molecular weight excluding hydrogens is 274 g/mol. The number of amides is 1. The molecule has 6 heteroatoms. The highest BCUT2D eigenvalue weighted by atomic mass is 79.9. The largest absolute Gasteiger partial charge is 0.383 e. The van der Waals surface area contributed by atoms with Crippen molar-refractivity contribution in [3.05, 3.63) is 16.9 Å². The molecule has 90 valence electrons. The summed E-state index contributed by atoms with van der Waals surface area (Å²) >= 11 is 3.31. The van der Waals surface area contributed by atoms with Crippen molar-refractivity contribution in [2.75, 3.05) is 20.3 Å². The molecule has 1 heterocycles. The number of carbonyl (C=O) groups is 1. The van der Waals surface area contributed by atoms with Crippen LogP contribution in [-0.4, -0.2) is 35.9 Å². The predicted octanol–water partition coefficient (Wildman–Crippen LogP) is 1.04. The van der Waals surface area contributed by atoms with Gasteiger partial charge in [-0.25, -0.2) is 0 Å². The zero-order valence-electron chi connectivity index (χ0n) is 9.44. The molecule has 0 spiro atoms. The number of aromatic nitrogens is 2. The van der Waals surface area contributed by atoms with Crippen LogP contribution >= 0.6 is 15.9 Å². The third-order valence-electron chi connectivity index (χ3n) is 2.12. The van der Waals surface area contributed by atoms with Gasteiger partial charge < -0.3 is 10.1 Å². The smallest absolute Gasteiger partial charge is 0.224 e. The van der Waals surface area contributed by atoms with Crippen molar-refractivity contribution in [1.82, 2.24) is 15.1 Å². The van der Waals surface area contributed by atoms with Gasteiger partial charge in [-0.3, -0.25) is 9.48 Å². The Balaban J connectivity index is 2.34. The van der Waals surface area contributed by atoms with Crippen LogP contribution in [0.15, 0.2) is 16.9 Å². The summed E-state index contributed by atoms with van der Waals surface area (Å²) in [5.74, 6) is -0.0904. The maximum absolute atomic E-state index is 11.6. The van der Waals surface area contributed by atoms with Crippen LogP contribution in [0.1, 0.15) is 6.92 Å². The van der Waals surface area contributed by atoms with Crippen molar-refractivity contribution in [3.8, 4) is 0 Å². The van der Waals surface area contributed by atoms with Crippen LogP contribution < -0.4 is 5.32 Å². The van der Waals surface area contributed by atoms with Crippen LogP contribution in [0.5, 0.6) is 0 Å². The zero-order valence-corrected chi connectivity index (χ0v) is 11.0. The number of rotatable bonds is 6. The molecule has 16 heavy (non-hydrogen) atoms. The number of nitrogens with zero attached hydrogens (tertiary/aromatic N) is 2. The summed E-state index contributed by atoms with van der Waals surface area (Å²) < 4.78 is 7.51. The van der Waals surface area contributed by atoms with Crippen molar-refractivity contribution >= 4 is 21.8 Å². The number of nitrogens with one attached hydrogen (secondary N) is 1. The highest BCUT2D eigenvalue weighted by molar-refractivity contribution is 9.10. The van der Waals surface area contributed by atoms with Crippen LogP contribution in [0.4, 0.5) is 0 Å². The molecule has 1 amide bonds. The van der Waals surface area contributed by atoms with Crippen LogP contribution in [0.3, 0.4) is 0 Å². The molecule has 1 N–H and O–H groups in total. The minimum atomic E-state index is -0.108. The lowest BCUT2D eigenvalue weighted by atomic mass is 10.1. The van der Waals surface area contributed by atoms with Gasteiger partial charge in [-0.2, -0.15) is 5.10 Å². The van der Waals surface area contributed by atoms with Gasteiger partial charge in [-0.05, 0) is 15.9 Å². The van der Waals surface area contributed by atoms with E-state index >= 15 is 0 Å². The highest BCUT2D eigenvalue weighted by Gasteiger charge is 2.13. The first kappa shape index (κ1) is 13.2. The second-order valence-corrected chi connectivity index (χ2v) is 4.48. The van der Waals surface area contributed by atoms with Gasteiger partial charge in [0.15, 0.2) is 0 Å². The molecule has 0 saturated carbocycles. The van der Waals surface area contributed by atoms with Crippen molar-refractivity contribution in [2.45, 2.75) is 13.5 Å². The van der Waals surface area contributed by atoms with E-state index in [4.69, 9.17) is 4.74 Å². The van der Waals surface area contributed by atoms with Gasteiger partial charge in [0.2, 0.25) is 5.91 Å². The Morgan fingerprint density at radius 3 is 3.06 bits per heavy atom. The number of carbonyl (C=O) groups excluding carboxylic acids is 1. The first-order valence-electron chi connectivity index (χ1n) is 5.08. The summed E-state index contributed by atoms with van der Waals surface area (Å²) in [5.41, 5.74) is 0. The van der Waals surface area contributed by atoms with Gasteiger partial charge in [-0.1, -0.05) is 6.92 Å². The zero-order chi connectivity index (χ0) is 12.0. The van der Waals surface area contributed by atoms with Crippen molar-refractivity contribution in [3.63, 3.8) is 0 Å². The van der Waals surface area contributed by atoms with E-state index in [0.717, 1.165) is 4.47 Å². The summed E-state index contributed by atoms with van der Waals surface area (Å²) in [5, 5.41) is 6.89. The fourth-order valence-corrected chi connectivity index (χ4v) is 1.58. The summed E-state index contributed by atoms with van der Waals surface area (Å²) in [4.78, 5) is 11.6. The Labute approximate surface area is 103 Å². The van der Waals surface area contributed by atoms with Gasteiger partial charge in [0.1, 0.15) is 0 Å². The van der Waals surface area contributed by atoms with E-state index in [0.29, 0.717) is 19.7 Å². The Kier molecular flexibility index (Phi) is 5.48. The summed E-state index contributed by atoms with van der Waals surface area (Å²) in [6.45, 7) is 3.52. The summed E-state index contributed by atoms with van der Waals surface area (Å²) in [6.07, 6.45) is 3.55. The average Bonchev–Trinajstić information content (AvgIpc) is 2.64. The second-order valence-electron chi connectivity index (χ2n) is 3.57. The minimum absolute atomic E-state index is 0.0173. The molecule has 0 aromatic carbocycles. The van der Waals surface area contributed by atoms with Crippen molar-refractivity contribution in [2.24, 2.45) is 5.92 Å². The topological polar surface area (TPSA) is 56.1 Å². The van der Waals surface area contributed by atoms with E-state index in [1.165, 1.54) is 0 Å². The molecule has 0 radical (unpaired) electrons. The van der Waals surface area contributed by atoms with Gasteiger partial charge in [0.25, 0.3) is 0 Å². The standard InChI is InChI=1S/C10H16BrN3O2/c1-8(10(15)12-3-4-16-2)6-14-7-9(11)5-13-14/h5,7-8H,3-4,6H2,1-2H3,(H,12,15)/t8-/m0/s1. The highest BCUT2D eigenvalue weighted by Crippen LogP contribution is 2.08. The van der Waals surface area contributed by atoms with Gasteiger partial charge in [0, 0.05) is 19.9 Å². The molecule has 0 aliphatic heterocycles. The van der Waals surface area contributed by atoms with Crippen LogP contribution in [0.25, 0.3) is 0 Å². The monoisotopic (exact) mass is 289 g/mol. The maximum Gasteiger partial charge on any atom is 0.224 e. The lowest BCUT2D eigenvalue weighted by molar-refractivity contribution is -0.125. The Morgan fingerprint density at radius 2 is 2.50 bits per heavy atom. The fourth-order valence-electron chi connectivity index (χ4n) is 1.25. The summed E-state index contributed by atoms with van der Waals surface area (Å²) in [6, 6.07) is 0. The Morgan fingerprint density at radius 1 is 1.75 bits per heavy atom. The number of methoxy groups -OCH3 is 1. The molecule has 0 unspecified atom stereocenters. The SMILES string of the molecule is COCCNC(=O)[C@@H](C)Cn1cc(Br)cn1. The second kappa shape index (κ2) is 6.65. The molecule has 0 bridgehead atoms. The maximum atomic E-state index is 11.6. The number of halogens is 1. The lowest BCUT2D eigenvalue weighted by Gasteiger charge is -2.11. The molecule has 1 atom stereocenters. The molecule has 1 rings (SSSR count). The normalized spacial score (nSPS) is 12.4. The third kappa shape index (κ3) is 4.32. The number of hydrogen-bond acceptors (Lipinski definition) is 3. The number of ether oxygens (including phenoxy) is 1. The molecule has 1 aromatic rings. The molecule has 0 fully saturated rings. The molecular formula is C10H16BrN3O2. The van der Waals surface area contributed by atoms with Crippen LogP contribution in [0, 0.1) is 5.92 Å². The summed E-state index contributed by atoms with van der Waals surface area (Å²) in [7, 11) is 1.61. The first-order chi connectivity index (χ1) is 7.63. The van der Waals surface area contributed by atoms with Crippen molar-refractivity contribution < 1.29 is 9.53 Å². The third-order valence-corrected chi connectivity index (χ3v) is 2.53. The number of hydrogen-bond donors (Lipinski definition) is 1. The molecule has 0 aliphatic rings. The first-order valence-corrected chi connectivity index (χ1v) is 5.87. The average molecular weight is 290 g/mol. The Bertz CT molecular complexity index is 341. The van der Waals surface area contributed by atoms with E-state index in [9.17, 15) is 4.79 Å². The van der Waals surface area contributed by atoms with Gasteiger partial charge in [0.05, 0.1) is 29.7 Å². The fraction of sp³-hybridized carbons (Fsp3) is 0.600. The van der Waals surface area contributed by atoms with E-state index in [2.05, 4.69) is 26.3 Å².